The van der Waals surface area contributed by atoms with Gasteiger partial charge >= 0.3 is 5.97 Å². The summed E-state index contributed by atoms with van der Waals surface area (Å²) in [5.74, 6) is -0.0790. The maximum atomic E-state index is 10.9. The lowest BCUT2D eigenvalue weighted by Gasteiger charge is -2.21. The number of carbonyl (C=O) groups is 1. The Bertz CT molecular complexity index is 614. The molecule has 2 rings (SSSR count). The number of carboxylic acid groups (broad SMARTS) is 1. The van der Waals surface area contributed by atoms with Crippen molar-refractivity contribution in [3.63, 3.8) is 0 Å². The van der Waals surface area contributed by atoms with E-state index < -0.39 is 5.97 Å². The maximum Gasteiger partial charge on any atom is 0.335 e. The van der Waals surface area contributed by atoms with Crippen molar-refractivity contribution in [3.8, 4) is 0 Å². The van der Waals surface area contributed by atoms with Crippen LogP contribution in [0.3, 0.4) is 0 Å². The van der Waals surface area contributed by atoms with Crippen LogP contribution in [0.25, 0.3) is 11.0 Å². The van der Waals surface area contributed by atoms with E-state index in [0.717, 1.165) is 11.3 Å². The maximum absolute atomic E-state index is 10.9. The molecule has 1 aromatic carbocycles. The van der Waals surface area contributed by atoms with Crippen LogP contribution in [-0.4, -0.2) is 27.2 Å². The first-order valence-corrected chi connectivity index (χ1v) is 5.77. The Hall–Kier alpha value is -1.88. The van der Waals surface area contributed by atoms with Crippen molar-refractivity contribution in [1.82, 2.24) is 9.55 Å². The van der Waals surface area contributed by atoms with E-state index in [4.69, 9.17) is 10.8 Å². The van der Waals surface area contributed by atoms with Gasteiger partial charge in [0.25, 0.3) is 0 Å². The highest BCUT2D eigenvalue weighted by atomic mass is 16.4. The summed E-state index contributed by atoms with van der Waals surface area (Å²) in [6, 6.07) is 4.96. The number of rotatable bonds is 3. The van der Waals surface area contributed by atoms with Gasteiger partial charge in [0.05, 0.1) is 16.6 Å². The van der Waals surface area contributed by atoms with Crippen molar-refractivity contribution in [2.45, 2.75) is 19.3 Å². The molecule has 0 aliphatic rings. The summed E-state index contributed by atoms with van der Waals surface area (Å²) in [5, 5.41) is 8.97. The standard InChI is InChI=1S/C13H17N3O2/c1-13(2,7-14)12-15-9-6-8(11(17)18)4-5-10(9)16(12)3/h4-6H,7,14H2,1-3H3,(H,17,18). The molecule has 18 heavy (non-hydrogen) atoms. The van der Waals surface area contributed by atoms with Gasteiger partial charge in [-0.1, -0.05) is 13.8 Å². The molecule has 0 aliphatic heterocycles. The zero-order chi connectivity index (χ0) is 13.5. The van der Waals surface area contributed by atoms with Gasteiger partial charge in [0.1, 0.15) is 5.82 Å². The zero-order valence-electron chi connectivity index (χ0n) is 10.8. The highest BCUT2D eigenvalue weighted by molar-refractivity contribution is 5.92. The lowest BCUT2D eigenvalue weighted by atomic mass is 9.93. The molecule has 5 nitrogen and oxygen atoms in total. The fraction of sp³-hybridized carbons (Fsp3) is 0.385. The van der Waals surface area contributed by atoms with Crippen LogP contribution in [-0.2, 0) is 12.5 Å². The third-order valence-electron chi connectivity index (χ3n) is 3.24. The smallest absolute Gasteiger partial charge is 0.335 e. The van der Waals surface area contributed by atoms with Crippen LogP contribution in [0.5, 0.6) is 0 Å². The van der Waals surface area contributed by atoms with Crippen LogP contribution in [0.2, 0.25) is 0 Å². The summed E-state index contributed by atoms with van der Waals surface area (Å²) < 4.78 is 1.97. The van der Waals surface area contributed by atoms with Gasteiger partial charge in [0.2, 0.25) is 0 Å². The molecule has 0 bridgehead atoms. The third kappa shape index (κ3) is 1.86. The number of benzene rings is 1. The van der Waals surface area contributed by atoms with Gasteiger partial charge in [0.15, 0.2) is 0 Å². The number of nitrogens with two attached hydrogens (primary N) is 1. The number of hydrogen-bond donors (Lipinski definition) is 2. The molecule has 1 heterocycles. The molecule has 0 amide bonds. The lowest BCUT2D eigenvalue weighted by molar-refractivity contribution is 0.0697. The first-order valence-electron chi connectivity index (χ1n) is 5.77. The second-order valence-electron chi connectivity index (χ2n) is 5.09. The fourth-order valence-electron chi connectivity index (χ4n) is 2.03. The van der Waals surface area contributed by atoms with Crippen molar-refractivity contribution >= 4 is 17.0 Å². The van der Waals surface area contributed by atoms with Crippen LogP contribution in [0, 0.1) is 0 Å². The van der Waals surface area contributed by atoms with E-state index in [1.165, 1.54) is 0 Å². The van der Waals surface area contributed by atoms with Gasteiger partial charge in [-0.15, -0.1) is 0 Å². The molecule has 0 saturated carbocycles. The van der Waals surface area contributed by atoms with Crippen molar-refractivity contribution in [3.05, 3.63) is 29.6 Å². The Balaban J connectivity index is 2.66. The molecule has 96 valence electrons. The minimum absolute atomic E-state index is 0.239. The number of aryl methyl sites for hydroxylation is 1. The largest absolute Gasteiger partial charge is 0.478 e. The van der Waals surface area contributed by atoms with E-state index in [1.54, 1.807) is 18.2 Å². The third-order valence-corrected chi connectivity index (χ3v) is 3.24. The quantitative estimate of drug-likeness (QED) is 0.861. The van der Waals surface area contributed by atoms with Gasteiger partial charge in [0, 0.05) is 19.0 Å². The van der Waals surface area contributed by atoms with Crippen molar-refractivity contribution in [2.24, 2.45) is 12.8 Å². The van der Waals surface area contributed by atoms with E-state index >= 15 is 0 Å². The molecule has 1 aromatic heterocycles. The molecule has 5 heteroatoms. The topological polar surface area (TPSA) is 81.1 Å². The van der Waals surface area contributed by atoms with Crippen molar-refractivity contribution < 1.29 is 9.90 Å². The Morgan fingerprint density at radius 1 is 1.50 bits per heavy atom. The first-order chi connectivity index (χ1) is 8.36. The van der Waals surface area contributed by atoms with Crippen LogP contribution in [0.1, 0.15) is 30.0 Å². The summed E-state index contributed by atoms with van der Waals surface area (Å²) in [7, 11) is 1.92. The summed E-state index contributed by atoms with van der Waals surface area (Å²) in [4.78, 5) is 15.5. The number of hydrogen-bond acceptors (Lipinski definition) is 3. The number of aromatic nitrogens is 2. The number of fused-ring (bicyclic) bond motifs is 1. The second kappa shape index (κ2) is 4.10. The molecule has 0 spiro atoms. The van der Waals surface area contributed by atoms with Gasteiger partial charge in [-0.2, -0.15) is 0 Å². The minimum Gasteiger partial charge on any atom is -0.478 e. The fourth-order valence-corrected chi connectivity index (χ4v) is 2.03. The van der Waals surface area contributed by atoms with E-state index in [2.05, 4.69) is 4.98 Å². The molecule has 0 saturated heterocycles. The summed E-state index contributed by atoms with van der Waals surface area (Å²) >= 11 is 0. The average molecular weight is 247 g/mol. The molecular formula is C13H17N3O2. The van der Waals surface area contributed by atoms with E-state index in [1.807, 2.05) is 25.5 Å². The van der Waals surface area contributed by atoms with Crippen LogP contribution >= 0.6 is 0 Å². The highest BCUT2D eigenvalue weighted by Gasteiger charge is 2.25. The summed E-state index contributed by atoms with van der Waals surface area (Å²) in [6.07, 6.45) is 0. The predicted molar refractivity (Wildman–Crippen MR) is 69.8 cm³/mol. The second-order valence-corrected chi connectivity index (χ2v) is 5.09. The Kier molecular flexibility index (Phi) is 2.86. The van der Waals surface area contributed by atoms with Gasteiger partial charge in [-0.05, 0) is 18.2 Å². The molecule has 3 N–H and O–H groups in total. The highest BCUT2D eigenvalue weighted by Crippen LogP contribution is 2.25. The zero-order valence-corrected chi connectivity index (χ0v) is 10.8. The van der Waals surface area contributed by atoms with E-state index in [-0.39, 0.29) is 11.0 Å². The van der Waals surface area contributed by atoms with Gasteiger partial charge in [-0.3, -0.25) is 0 Å². The molecule has 2 aromatic rings. The Labute approximate surface area is 105 Å². The molecule has 0 aliphatic carbocycles. The molecule has 0 fully saturated rings. The molecular weight excluding hydrogens is 230 g/mol. The first kappa shape index (κ1) is 12.6. The number of imidazole rings is 1. The lowest BCUT2D eigenvalue weighted by Crippen LogP contribution is -2.31. The summed E-state index contributed by atoms with van der Waals surface area (Å²) in [6.45, 7) is 4.52. The van der Waals surface area contributed by atoms with Gasteiger partial charge < -0.3 is 15.4 Å². The Morgan fingerprint density at radius 2 is 2.17 bits per heavy atom. The monoisotopic (exact) mass is 247 g/mol. The number of nitrogens with zero attached hydrogens (tertiary/aromatic N) is 2. The van der Waals surface area contributed by atoms with E-state index in [9.17, 15) is 4.79 Å². The van der Waals surface area contributed by atoms with Crippen LogP contribution < -0.4 is 5.73 Å². The van der Waals surface area contributed by atoms with Crippen LogP contribution in [0.15, 0.2) is 18.2 Å². The molecule has 0 atom stereocenters. The Morgan fingerprint density at radius 3 is 2.72 bits per heavy atom. The van der Waals surface area contributed by atoms with Gasteiger partial charge in [-0.25, -0.2) is 9.78 Å². The van der Waals surface area contributed by atoms with E-state index in [0.29, 0.717) is 12.1 Å². The SMILES string of the molecule is Cn1c(C(C)(C)CN)nc2cc(C(=O)O)ccc21. The number of aromatic carboxylic acids is 1. The normalized spacial score (nSPS) is 12.0. The molecule has 0 radical (unpaired) electrons. The van der Waals surface area contributed by atoms with Crippen molar-refractivity contribution in [1.29, 1.82) is 0 Å². The number of carboxylic acids is 1. The summed E-state index contributed by atoms with van der Waals surface area (Å²) in [5.41, 5.74) is 7.37. The predicted octanol–water partition coefficient (Wildman–Crippen LogP) is 1.51. The average Bonchev–Trinajstić information content (AvgIpc) is 2.67. The molecule has 0 unspecified atom stereocenters. The van der Waals surface area contributed by atoms with Crippen LogP contribution in [0.4, 0.5) is 0 Å². The van der Waals surface area contributed by atoms with Crippen molar-refractivity contribution in [2.75, 3.05) is 6.54 Å². The minimum atomic E-state index is -0.942.